The van der Waals surface area contributed by atoms with Gasteiger partial charge in [-0.3, -0.25) is 4.98 Å². The first-order valence-electron chi connectivity index (χ1n) is 10.7. The normalized spacial score (nSPS) is 12.4. The number of hydrogen-bond acceptors (Lipinski definition) is 8. The molecule has 0 fully saturated rings. The van der Waals surface area contributed by atoms with Gasteiger partial charge in [-0.15, -0.1) is 11.3 Å². The minimum absolute atomic E-state index is 0.349. The summed E-state index contributed by atoms with van der Waals surface area (Å²) in [6.45, 7) is 0.688. The van der Waals surface area contributed by atoms with Crippen LogP contribution in [0.25, 0.3) is 16.8 Å². The zero-order valence-electron chi connectivity index (χ0n) is 18.5. The van der Waals surface area contributed by atoms with Gasteiger partial charge in [-0.2, -0.15) is 5.26 Å². The standard InChI is InChI=1S/C26H17F2N5OS2/c27-21-5-3-16(9-22(21)28)23-10-20(17-2-1-7-30-12-17)25(13-31-23)34-24-6-4-19(8-18(24)11-29)36-33-26-14-35-15-32-26/h1-6,8-10,12-15,30,33H,7H2. The van der Waals surface area contributed by atoms with Crippen LogP contribution in [-0.4, -0.2) is 16.5 Å². The highest BCUT2D eigenvalue weighted by atomic mass is 32.2. The lowest BCUT2D eigenvalue weighted by Gasteiger charge is -2.16. The highest BCUT2D eigenvalue weighted by Gasteiger charge is 2.16. The quantitative estimate of drug-likeness (QED) is 0.262. The number of hydrogen-bond donors (Lipinski definition) is 2. The maximum absolute atomic E-state index is 13.8. The molecule has 0 radical (unpaired) electrons. The third kappa shape index (κ3) is 5.22. The molecular formula is C26H17F2N5OS2. The number of pyridine rings is 1. The van der Waals surface area contributed by atoms with Gasteiger partial charge < -0.3 is 14.8 Å². The second-order valence-corrected chi connectivity index (χ2v) is 9.15. The summed E-state index contributed by atoms with van der Waals surface area (Å²) in [5.74, 6) is -0.349. The van der Waals surface area contributed by atoms with Gasteiger partial charge in [0.25, 0.3) is 0 Å². The number of aromatic nitrogens is 2. The minimum atomic E-state index is -0.949. The zero-order valence-corrected chi connectivity index (χ0v) is 20.2. The lowest BCUT2D eigenvalue weighted by Crippen LogP contribution is -2.09. The Morgan fingerprint density at radius 2 is 2.00 bits per heavy atom. The van der Waals surface area contributed by atoms with Crippen molar-refractivity contribution < 1.29 is 13.5 Å². The molecule has 0 amide bonds. The first kappa shape index (κ1) is 23.5. The molecule has 6 nitrogen and oxygen atoms in total. The summed E-state index contributed by atoms with van der Waals surface area (Å²) in [5, 5.41) is 14.8. The van der Waals surface area contributed by atoms with Crippen molar-refractivity contribution in [2.45, 2.75) is 4.90 Å². The molecule has 5 rings (SSSR count). The number of halogens is 2. The lowest BCUT2D eigenvalue weighted by molar-refractivity contribution is 0.477. The number of nitrogens with one attached hydrogen (secondary N) is 2. The maximum Gasteiger partial charge on any atom is 0.159 e. The number of nitrogens with zero attached hydrogens (tertiary/aromatic N) is 3. The summed E-state index contributed by atoms with van der Waals surface area (Å²) in [7, 11) is 0. The van der Waals surface area contributed by atoms with Gasteiger partial charge in [0.15, 0.2) is 17.4 Å². The Morgan fingerprint density at radius 3 is 2.75 bits per heavy atom. The van der Waals surface area contributed by atoms with Crippen molar-refractivity contribution in [2.24, 2.45) is 0 Å². The smallest absolute Gasteiger partial charge is 0.159 e. The fourth-order valence-corrected chi connectivity index (χ4v) is 4.65. The molecule has 0 aliphatic carbocycles. The summed E-state index contributed by atoms with van der Waals surface area (Å²) < 4.78 is 36.6. The largest absolute Gasteiger partial charge is 0.454 e. The van der Waals surface area contributed by atoms with Crippen molar-refractivity contribution >= 4 is 34.7 Å². The fraction of sp³-hybridized carbons (Fsp3) is 0.0385. The van der Waals surface area contributed by atoms with Crippen molar-refractivity contribution in [2.75, 3.05) is 11.3 Å². The Hall–Kier alpha value is -4.20. The van der Waals surface area contributed by atoms with Crippen molar-refractivity contribution in [3.05, 3.63) is 101 Å². The van der Waals surface area contributed by atoms with Crippen molar-refractivity contribution in [3.8, 4) is 28.8 Å². The van der Waals surface area contributed by atoms with Gasteiger partial charge in [0.1, 0.15) is 17.6 Å². The number of nitriles is 1. The predicted molar refractivity (Wildman–Crippen MR) is 138 cm³/mol. The molecular weight excluding hydrogens is 500 g/mol. The Bertz CT molecular complexity index is 1510. The van der Waals surface area contributed by atoms with Gasteiger partial charge in [-0.05, 0) is 54.4 Å². The van der Waals surface area contributed by atoms with E-state index in [1.54, 1.807) is 23.7 Å². The summed E-state index contributed by atoms with van der Waals surface area (Å²) >= 11 is 2.83. The molecule has 4 aromatic rings. The molecule has 1 aliphatic rings. The van der Waals surface area contributed by atoms with Crippen molar-refractivity contribution in [1.29, 1.82) is 5.26 Å². The first-order valence-corrected chi connectivity index (χ1v) is 12.5. The number of dihydropyridines is 1. The number of benzene rings is 2. The topological polar surface area (TPSA) is 82.9 Å². The molecule has 0 saturated heterocycles. The predicted octanol–water partition coefficient (Wildman–Crippen LogP) is 6.77. The SMILES string of the molecule is N#Cc1cc(SNc2cscn2)ccc1Oc1cnc(-c2ccc(F)c(F)c2)cc1C1=CNCC=C1. The van der Waals surface area contributed by atoms with Crippen LogP contribution >= 0.6 is 23.3 Å². The van der Waals surface area contributed by atoms with Crippen LogP contribution in [0.2, 0.25) is 0 Å². The summed E-state index contributed by atoms with van der Waals surface area (Å²) in [4.78, 5) is 9.41. The van der Waals surface area contributed by atoms with E-state index in [0.29, 0.717) is 40.4 Å². The van der Waals surface area contributed by atoms with Crippen LogP contribution in [0.3, 0.4) is 0 Å². The van der Waals surface area contributed by atoms with E-state index in [4.69, 9.17) is 4.74 Å². The van der Waals surface area contributed by atoms with E-state index in [-0.39, 0.29) is 0 Å². The van der Waals surface area contributed by atoms with Gasteiger partial charge in [0.05, 0.1) is 23.0 Å². The highest BCUT2D eigenvalue weighted by molar-refractivity contribution is 8.00. The molecule has 178 valence electrons. The van der Waals surface area contributed by atoms with Crippen LogP contribution in [0.15, 0.2) is 82.8 Å². The molecule has 0 spiro atoms. The van der Waals surface area contributed by atoms with Crippen LogP contribution < -0.4 is 14.8 Å². The van der Waals surface area contributed by atoms with E-state index < -0.39 is 11.6 Å². The molecule has 0 saturated carbocycles. The van der Waals surface area contributed by atoms with E-state index >= 15 is 0 Å². The van der Waals surface area contributed by atoms with Gasteiger partial charge in [-0.1, -0.05) is 12.2 Å². The third-order valence-corrected chi connectivity index (χ3v) is 6.57. The molecule has 10 heteroatoms. The molecule has 0 bridgehead atoms. The summed E-state index contributed by atoms with van der Waals surface area (Å²) in [5.41, 5.74) is 4.47. The number of thiazole rings is 1. The molecule has 0 unspecified atom stereocenters. The van der Waals surface area contributed by atoms with Gasteiger partial charge >= 0.3 is 0 Å². The van der Waals surface area contributed by atoms with Crippen LogP contribution in [0.1, 0.15) is 11.1 Å². The molecule has 36 heavy (non-hydrogen) atoms. The van der Waals surface area contributed by atoms with E-state index in [1.807, 2.05) is 29.8 Å². The van der Waals surface area contributed by atoms with E-state index in [0.717, 1.165) is 28.4 Å². The molecule has 2 N–H and O–H groups in total. The minimum Gasteiger partial charge on any atom is -0.454 e. The van der Waals surface area contributed by atoms with E-state index in [2.05, 4.69) is 26.1 Å². The van der Waals surface area contributed by atoms with E-state index in [9.17, 15) is 14.0 Å². The number of anilines is 1. The first-order chi connectivity index (χ1) is 17.6. The molecule has 0 atom stereocenters. The molecule has 2 aromatic heterocycles. The number of rotatable bonds is 7. The highest BCUT2D eigenvalue weighted by Crippen LogP contribution is 2.36. The average Bonchev–Trinajstić information content (AvgIpc) is 3.44. The van der Waals surface area contributed by atoms with Crippen LogP contribution in [-0.2, 0) is 0 Å². The Morgan fingerprint density at radius 1 is 1.08 bits per heavy atom. The monoisotopic (exact) mass is 517 g/mol. The van der Waals surface area contributed by atoms with Crippen LogP contribution in [0.4, 0.5) is 14.6 Å². The lowest BCUT2D eigenvalue weighted by atomic mass is 10.0. The maximum atomic E-state index is 13.8. The second-order valence-electron chi connectivity index (χ2n) is 7.55. The Kier molecular flexibility index (Phi) is 6.93. The summed E-state index contributed by atoms with van der Waals surface area (Å²) in [6, 6.07) is 12.9. The average molecular weight is 518 g/mol. The third-order valence-electron chi connectivity index (χ3n) is 5.18. The van der Waals surface area contributed by atoms with Gasteiger partial charge in [-0.25, -0.2) is 13.8 Å². The molecule has 1 aliphatic heterocycles. The Labute approximate surface area is 214 Å². The van der Waals surface area contributed by atoms with Crippen molar-refractivity contribution in [3.63, 3.8) is 0 Å². The van der Waals surface area contributed by atoms with Gasteiger partial charge in [0.2, 0.25) is 0 Å². The molecule has 2 aromatic carbocycles. The summed E-state index contributed by atoms with van der Waals surface area (Å²) in [6.07, 6.45) is 7.25. The fourth-order valence-electron chi connectivity index (χ4n) is 3.44. The van der Waals surface area contributed by atoms with Gasteiger partial charge in [0, 0.05) is 39.7 Å². The molecule has 3 heterocycles. The Balaban J connectivity index is 1.47. The van der Waals surface area contributed by atoms with Crippen LogP contribution in [0, 0.1) is 23.0 Å². The number of allylic oxidation sites excluding steroid dienone is 2. The second kappa shape index (κ2) is 10.6. The van der Waals surface area contributed by atoms with E-state index in [1.165, 1.54) is 35.5 Å². The van der Waals surface area contributed by atoms with Crippen LogP contribution in [0.5, 0.6) is 11.5 Å². The van der Waals surface area contributed by atoms with Crippen molar-refractivity contribution in [1.82, 2.24) is 15.3 Å². The zero-order chi connectivity index (χ0) is 24.9. The number of ether oxygens (including phenoxy) is 1.